The van der Waals surface area contributed by atoms with Gasteiger partial charge in [0.15, 0.2) is 0 Å². The Labute approximate surface area is 172 Å². The van der Waals surface area contributed by atoms with Crippen molar-refractivity contribution >= 4 is 45.6 Å². The number of rotatable bonds is 5. The topological polar surface area (TPSA) is 55.8 Å². The van der Waals surface area contributed by atoms with Crippen LogP contribution in [0.25, 0.3) is 6.08 Å². The maximum atomic E-state index is 13.1. The van der Waals surface area contributed by atoms with Crippen molar-refractivity contribution in [3.05, 3.63) is 33.1 Å². The number of thioether (sulfide) groups is 1. The first-order chi connectivity index (χ1) is 13.0. The van der Waals surface area contributed by atoms with Gasteiger partial charge in [-0.15, -0.1) is 11.8 Å². The second-order valence-electron chi connectivity index (χ2n) is 6.65. The summed E-state index contributed by atoms with van der Waals surface area (Å²) in [5.41, 5.74) is 0.920. The maximum Gasteiger partial charge on any atom is 0.325 e. The summed E-state index contributed by atoms with van der Waals surface area (Å²) < 4.78 is 11.2. The van der Waals surface area contributed by atoms with Crippen molar-refractivity contribution in [2.24, 2.45) is 0 Å². The van der Waals surface area contributed by atoms with Gasteiger partial charge in [0.05, 0.1) is 23.1 Å². The highest BCUT2D eigenvalue weighted by atomic mass is 79.9. The molecule has 1 aromatic rings. The Morgan fingerprint density at radius 1 is 1.37 bits per heavy atom. The predicted octanol–water partition coefficient (Wildman–Crippen LogP) is 4.25. The number of hydrogen-bond acceptors (Lipinski definition) is 5. The Bertz CT molecular complexity index is 751. The lowest BCUT2D eigenvalue weighted by Gasteiger charge is -2.43. The molecular weight excluding hydrogens is 430 g/mol. The quantitative estimate of drug-likeness (QED) is 0.492. The summed E-state index contributed by atoms with van der Waals surface area (Å²) in [5, 5.41) is 0.332. The number of hydrogen-bond donors (Lipinski definition) is 0. The number of nitrogens with zero attached hydrogens (tertiary/aromatic N) is 1. The fourth-order valence-corrected chi connectivity index (χ4v) is 5.66. The zero-order chi connectivity index (χ0) is 19.4. The average Bonchev–Trinajstić information content (AvgIpc) is 2.65. The highest BCUT2D eigenvalue weighted by Gasteiger charge is 2.41. The van der Waals surface area contributed by atoms with Gasteiger partial charge in [0.1, 0.15) is 12.3 Å². The molecule has 146 valence electrons. The molecule has 1 saturated heterocycles. The van der Waals surface area contributed by atoms with Crippen LogP contribution in [0.15, 0.2) is 27.6 Å². The molecule has 2 aliphatic rings. The van der Waals surface area contributed by atoms with E-state index >= 15 is 0 Å². The molecule has 1 saturated carbocycles. The second-order valence-corrected chi connectivity index (χ2v) is 8.78. The van der Waals surface area contributed by atoms with Crippen LogP contribution >= 0.6 is 27.7 Å². The van der Waals surface area contributed by atoms with Crippen molar-refractivity contribution in [2.45, 2.75) is 43.9 Å². The Morgan fingerprint density at radius 2 is 2.15 bits per heavy atom. The predicted molar refractivity (Wildman–Crippen MR) is 111 cm³/mol. The molecule has 7 heteroatoms. The van der Waals surface area contributed by atoms with Gasteiger partial charge in [-0.3, -0.25) is 9.59 Å². The monoisotopic (exact) mass is 453 g/mol. The van der Waals surface area contributed by atoms with E-state index in [2.05, 4.69) is 15.9 Å². The molecule has 1 amide bonds. The maximum absolute atomic E-state index is 13.1. The molecule has 0 spiro atoms. The molecule has 5 nitrogen and oxygen atoms in total. The van der Waals surface area contributed by atoms with E-state index in [0.29, 0.717) is 16.8 Å². The third-order valence-corrected chi connectivity index (χ3v) is 6.92. The van der Waals surface area contributed by atoms with Crippen LogP contribution in [0.4, 0.5) is 0 Å². The van der Waals surface area contributed by atoms with Crippen molar-refractivity contribution in [1.29, 1.82) is 0 Å². The van der Waals surface area contributed by atoms with E-state index < -0.39 is 0 Å². The average molecular weight is 454 g/mol. The second kappa shape index (κ2) is 9.15. The third-order valence-electron chi connectivity index (χ3n) is 4.90. The summed E-state index contributed by atoms with van der Waals surface area (Å²) in [6, 6.07) is 5.84. The van der Waals surface area contributed by atoms with Crippen LogP contribution in [0.1, 0.15) is 38.2 Å². The summed E-state index contributed by atoms with van der Waals surface area (Å²) in [6.45, 7) is 2.13. The Kier molecular flexibility index (Phi) is 6.87. The molecule has 1 aliphatic carbocycles. The third kappa shape index (κ3) is 4.69. The molecule has 2 atom stereocenters. The highest BCUT2D eigenvalue weighted by Crippen LogP contribution is 2.42. The van der Waals surface area contributed by atoms with Gasteiger partial charge >= 0.3 is 5.97 Å². The van der Waals surface area contributed by atoms with Gasteiger partial charge in [-0.05, 0) is 59.5 Å². The largest absolute Gasteiger partial charge is 0.496 e. The van der Waals surface area contributed by atoms with Gasteiger partial charge in [0.25, 0.3) is 5.91 Å². The Morgan fingerprint density at radius 3 is 2.85 bits per heavy atom. The fourth-order valence-electron chi connectivity index (χ4n) is 3.63. The number of ether oxygens (including phenoxy) is 2. The lowest BCUT2D eigenvalue weighted by molar-refractivity contribution is -0.149. The number of benzene rings is 1. The zero-order valence-corrected chi connectivity index (χ0v) is 18.0. The van der Waals surface area contributed by atoms with E-state index in [1.807, 2.05) is 24.3 Å². The fraction of sp³-hybridized carbons (Fsp3) is 0.500. The number of methoxy groups -OCH3 is 1. The summed E-state index contributed by atoms with van der Waals surface area (Å²) in [5.74, 6) is 0.327. The van der Waals surface area contributed by atoms with Crippen LogP contribution in [0.5, 0.6) is 5.75 Å². The molecule has 1 heterocycles. The first kappa shape index (κ1) is 20.3. The highest BCUT2D eigenvalue weighted by molar-refractivity contribution is 9.10. The van der Waals surface area contributed by atoms with Gasteiger partial charge in [-0.2, -0.15) is 0 Å². The van der Waals surface area contributed by atoms with Crippen LogP contribution in [0.3, 0.4) is 0 Å². The van der Waals surface area contributed by atoms with Gasteiger partial charge < -0.3 is 14.4 Å². The number of halogens is 1. The molecule has 2 fully saturated rings. The molecular formula is C20H24BrNO4S. The molecule has 27 heavy (non-hydrogen) atoms. The molecule has 1 aliphatic heterocycles. The van der Waals surface area contributed by atoms with Crippen molar-refractivity contribution < 1.29 is 19.1 Å². The molecule has 1 aromatic carbocycles. The van der Waals surface area contributed by atoms with E-state index in [0.717, 1.165) is 41.5 Å². The van der Waals surface area contributed by atoms with Gasteiger partial charge in [-0.25, -0.2) is 0 Å². The molecule has 3 rings (SSSR count). The smallest absolute Gasteiger partial charge is 0.325 e. The molecule has 0 bridgehead atoms. The van der Waals surface area contributed by atoms with Gasteiger partial charge in [0.2, 0.25) is 0 Å². The van der Waals surface area contributed by atoms with Crippen molar-refractivity contribution in [3.8, 4) is 5.75 Å². The van der Waals surface area contributed by atoms with Crippen molar-refractivity contribution in [3.63, 3.8) is 0 Å². The number of carbonyl (C=O) groups is 2. The number of fused-ring (bicyclic) bond motifs is 1. The number of carbonyl (C=O) groups excluding carboxylic acids is 2. The standard InChI is InChI=1S/C20H24BrNO4S/c1-3-26-19(23)12-22-15-6-4-5-7-17(15)27-18(20(22)24)11-13-8-9-16(25-2)14(21)10-13/h8-11,15,17H,3-7,12H2,1-2H3/b18-11+. The zero-order valence-electron chi connectivity index (χ0n) is 15.6. The Hall–Kier alpha value is -1.47. The lowest BCUT2D eigenvalue weighted by Crippen LogP contribution is -2.53. The van der Waals surface area contributed by atoms with E-state index in [1.54, 1.807) is 30.7 Å². The van der Waals surface area contributed by atoms with Crippen LogP contribution < -0.4 is 4.74 Å². The lowest BCUT2D eigenvalue weighted by atomic mass is 9.93. The summed E-state index contributed by atoms with van der Waals surface area (Å²) in [6.07, 6.45) is 6.17. The van der Waals surface area contributed by atoms with E-state index in [9.17, 15) is 9.59 Å². The van der Waals surface area contributed by atoms with Crippen molar-refractivity contribution in [1.82, 2.24) is 4.90 Å². The minimum absolute atomic E-state index is 0.0258. The van der Waals surface area contributed by atoms with Crippen LogP contribution in [0, 0.1) is 0 Å². The Balaban J connectivity index is 1.87. The molecule has 0 radical (unpaired) electrons. The molecule has 0 aromatic heterocycles. The summed E-state index contributed by atoms with van der Waals surface area (Å²) >= 11 is 5.14. The molecule has 0 N–H and O–H groups in total. The number of esters is 1. The van der Waals surface area contributed by atoms with Crippen molar-refractivity contribution in [2.75, 3.05) is 20.3 Å². The number of amides is 1. The van der Waals surface area contributed by atoms with Crippen LogP contribution in [-0.4, -0.2) is 48.3 Å². The minimum Gasteiger partial charge on any atom is -0.496 e. The minimum atomic E-state index is -0.339. The summed E-state index contributed by atoms with van der Waals surface area (Å²) in [7, 11) is 1.62. The van der Waals surface area contributed by atoms with E-state index in [-0.39, 0.29) is 24.5 Å². The normalized spacial score (nSPS) is 23.9. The SMILES string of the molecule is CCOC(=O)CN1C(=O)/C(=C\c2ccc(OC)c(Br)c2)SC2CCCCC21. The van der Waals surface area contributed by atoms with E-state index in [4.69, 9.17) is 9.47 Å². The first-order valence-electron chi connectivity index (χ1n) is 9.22. The van der Waals surface area contributed by atoms with Crippen LogP contribution in [0.2, 0.25) is 0 Å². The first-order valence-corrected chi connectivity index (χ1v) is 10.9. The summed E-state index contributed by atoms with van der Waals surface area (Å²) in [4.78, 5) is 27.6. The van der Waals surface area contributed by atoms with Gasteiger partial charge in [-0.1, -0.05) is 18.9 Å². The van der Waals surface area contributed by atoms with Crippen LogP contribution in [-0.2, 0) is 14.3 Å². The molecule has 2 unspecified atom stereocenters. The van der Waals surface area contributed by atoms with Gasteiger partial charge in [0, 0.05) is 11.3 Å². The van der Waals surface area contributed by atoms with E-state index in [1.165, 1.54) is 0 Å².